The molecule has 8 heteroatoms. The largest absolute Gasteiger partial charge is 0.460 e. The average Bonchev–Trinajstić information content (AvgIpc) is 2.66. The Morgan fingerprint density at radius 2 is 1.61 bits per heavy atom. The summed E-state index contributed by atoms with van der Waals surface area (Å²) in [6.07, 6.45) is 1.60. The third-order valence-corrected chi connectivity index (χ3v) is 3.64. The first-order chi connectivity index (χ1) is 13.4. The molecule has 1 rings (SSSR count). The topological polar surface area (TPSA) is 114 Å². The molecule has 28 heavy (non-hydrogen) atoms. The van der Waals surface area contributed by atoms with Crippen LogP contribution >= 0.6 is 0 Å². The van der Waals surface area contributed by atoms with Crippen molar-refractivity contribution in [2.45, 2.75) is 26.7 Å². The van der Waals surface area contributed by atoms with Crippen LogP contribution in [0.25, 0.3) is 0 Å². The van der Waals surface area contributed by atoms with Gasteiger partial charge in [0.2, 0.25) is 17.7 Å². The molecule has 3 N–H and O–H groups in total. The standard InChI is InChI=1S/C20H27N3O5/c1-4-5-11-21-17(24)16(19(26)23-15-9-7-6-8-10-15)18(25)22-12-13-28-20(27)14(2)3/h6-10,16H,2,4-5,11-13H2,1,3H3,(H,21,24)(H,22,25)(H,23,26). The lowest BCUT2D eigenvalue weighted by Gasteiger charge is -2.17. The normalized spacial score (nSPS) is 11.1. The van der Waals surface area contributed by atoms with Gasteiger partial charge in [-0.25, -0.2) is 4.79 Å². The fraction of sp³-hybridized carbons (Fsp3) is 0.400. The van der Waals surface area contributed by atoms with Gasteiger partial charge in [0.05, 0.1) is 6.54 Å². The SMILES string of the molecule is C=C(C)C(=O)OCCNC(=O)C(C(=O)NCCCC)C(=O)Nc1ccccc1. The van der Waals surface area contributed by atoms with Crippen LogP contribution in [0.15, 0.2) is 42.5 Å². The molecule has 0 aliphatic rings. The third-order valence-electron chi connectivity index (χ3n) is 3.64. The molecule has 0 radical (unpaired) electrons. The second-order valence-electron chi connectivity index (χ2n) is 6.14. The van der Waals surface area contributed by atoms with Gasteiger partial charge in [-0.15, -0.1) is 0 Å². The van der Waals surface area contributed by atoms with Gasteiger partial charge in [0.25, 0.3) is 0 Å². The van der Waals surface area contributed by atoms with E-state index >= 15 is 0 Å². The van der Waals surface area contributed by atoms with Crippen molar-refractivity contribution < 1.29 is 23.9 Å². The minimum absolute atomic E-state index is 0.0325. The molecule has 0 aromatic heterocycles. The van der Waals surface area contributed by atoms with Gasteiger partial charge in [-0.05, 0) is 25.5 Å². The van der Waals surface area contributed by atoms with Crippen LogP contribution in [0.4, 0.5) is 5.69 Å². The molecule has 1 atom stereocenters. The second kappa shape index (κ2) is 12.3. The summed E-state index contributed by atoms with van der Waals surface area (Å²) in [5, 5.41) is 7.61. The van der Waals surface area contributed by atoms with Crippen LogP contribution in [0.2, 0.25) is 0 Å². The molecule has 3 amide bonds. The first-order valence-electron chi connectivity index (χ1n) is 9.10. The van der Waals surface area contributed by atoms with Crippen molar-refractivity contribution in [3.63, 3.8) is 0 Å². The van der Waals surface area contributed by atoms with E-state index in [1.165, 1.54) is 6.92 Å². The summed E-state index contributed by atoms with van der Waals surface area (Å²) < 4.78 is 4.88. The highest BCUT2D eigenvalue weighted by molar-refractivity contribution is 6.20. The molecule has 0 fully saturated rings. The Balaban J connectivity index is 2.71. The van der Waals surface area contributed by atoms with E-state index in [0.29, 0.717) is 12.2 Å². The number of esters is 1. The van der Waals surface area contributed by atoms with Gasteiger partial charge >= 0.3 is 5.97 Å². The Bertz CT molecular complexity index is 703. The second-order valence-corrected chi connectivity index (χ2v) is 6.14. The zero-order chi connectivity index (χ0) is 20.9. The number of ether oxygens (including phenoxy) is 1. The van der Waals surface area contributed by atoms with Crippen LogP contribution in [-0.2, 0) is 23.9 Å². The molecule has 0 saturated heterocycles. The van der Waals surface area contributed by atoms with Gasteiger partial charge in [0, 0.05) is 17.8 Å². The summed E-state index contributed by atoms with van der Waals surface area (Å²) in [5.41, 5.74) is 0.712. The number of unbranched alkanes of at least 4 members (excludes halogenated alkanes) is 1. The number of hydrogen-bond donors (Lipinski definition) is 3. The van der Waals surface area contributed by atoms with Crippen LogP contribution in [0.5, 0.6) is 0 Å². The van der Waals surface area contributed by atoms with E-state index < -0.39 is 29.6 Å². The Kier molecular flexibility index (Phi) is 10.0. The highest BCUT2D eigenvalue weighted by atomic mass is 16.5. The maximum Gasteiger partial charge on any atom is 0.333 e. The number of rotatable bonds is 11. The Hall–Kier alpha value is -3.16. The lowest BCUT2D eigenvalue weighted by atomic mass is 10.1. The summed E-state index contributed by atoms with van der Waals surface area (Å²) in [6, 6.07) is 8.53. The molecule has 0 aliphatic carbocycles. The molecule has 0 saturated carbocycles. The van der Waals surface area contributed by atoms with Crippen molar-refractivity contribution in [2.24, 2.45) is 5.92 Å². The predicted octanol–water partition coefficient (Wildman–Crippen LogP) is 1.39. The number of carbonyl (C=O) groups excluding carboxylic acids is 4. The van der Waals surface area contributed by atoms with Gasteiger partial charge in [0.1, 0.15) is 6.61 Å². The highest BCUT2D eigenvalue weighted by Crippen LogP contribution is 2.09. The van der Waals surface area contributed by atoms with E-state index in [4.69, 9.17) is 4.74 Å². The van der Waals surface area contributed by atoms with Gasteiger partial charge in [-0.1, -0.05) is 38.1 Å². The summed E-state index contributed by atoms with van der Waals surface area (Å²) >= 11 is 0. The molecule has 1 aromatic rings. The number of benzene rings is 1. The molecular weight excluding hydrogens is 362 g/mol. The fourth-order valence-electron chi connectivity index (χ4n) is 2.13. The molecule has 0 spiro atoms. The minimum Gasteiger partial charge on any atom is -0.460 e. The number of amides is 3. The number of para-hydroxylation sites is 1. The number of anilines is 1. The minimum atomic E-state index is -1.56. The van der Waals surface area contributed by atoms with E-state index in [-0.39, 0.29) is 18.7 Å². The van der Waals surface area contributed by atoms with Crippen LogP contribution in [0.1, 0.15) is 26.7 Å². The molecule has 1 aromatic carbocycles. The first-order valence-corrected chi connectivity index (χ1v) is 9.10. The predicted molar refractivity (Wildman–Crippen MR) is 105 cm³/mol. The summed E-state index contributed by atoms with van der Waals surface area (Å²) in [6.45, 7) is 7.16. The van der Waals surface area contributed by atoms with Crippen molar-refractivity contribution >= 4 is 29.4 Å². The van der Waals surface area contributed by atoms with E-state index in [1.54, 1.807) is 30.3 Å². The van der Waals surface area contributed by atoms with Gasteiger partial charge in [-0.2, -0.15) is 0 Å². The number of nitrogens with one attached hydrogen (secondary N) is 3. The maximum absolute atomic E-state index is 12.5. The number of hydrogen-bond acceptors (Lipinski definition) is 5. The molecule has 1 unspecified atom stereocenters. The van der Waals surface area contributed by atoms with Crippen molar-refractivity contribution in [2.75, 3.05) is 25.0 Å². The molecule has 0 aliphatic heterocycles. The molecular formula is C20H27N3O5. The van der Waals surface area contributed by atoms with Crippen LogP contribution in [0.3, 0.4) is 0 Å². The monoisotopic (exact) mass is 389 g/mol. The zero-order valence-electron chi connectivity index (χ0n) is 16.2. The number of carbonyl (C=O) groups is 4. The molecule has 8 nitrogen and oxygen atoms in total. The summed E-state index contributed by atoms with van der Waals surface area (Å²) in [4.78, 5) is 48.7. The summed E-state index contributed by atoms with van der Waals surface area (Å²) in [5.74, 6) is -4.33. The Morgan fingerprint density at radius 1 is 1.00 bits per heavy atom. The van der Waals surface area contributed by atoms with Gasteiger partial charge in [0.15, 0.2) is 5.92 Å². The smallest absolute Gasteiger partial charge is 0.333 e. The van der Waals surface area contributed by atoms with E-state index in [2.05, 4.69) is 22.5 Å². The van der Waals surface area contributed by atoms with Crippen molar-refractivity contribution in [1.29, 1.82) is 0 Å². The Labute approximate surface area is 164 Å². The van der Waals surface area contributed by atoms with Gasteiger partial charge < -0.3 is 20.7 Å². The molecule has 152 valence electrons. The van der Waals surface area contributed by atoms with Crippen LogP contribution < -0.4 is 16.0 Å². The lowest BCUT2D eigenvalue weighted by molar-refractivity contribution is -0.143. The van der Waals surface area contributed by atoms with Crippen LogP contribution in [0, 0.1) is 5.92 Å². The quantitative estimate of drug-likeness (QED) is 0.229. The summed E-state index contributed by atoms with van der Waals surface area (Å²) in [7, 11) is 0. The van der Waals surface area contributed by atoms with Crippen LogP contribution in [-0.4, -0.2) is 43.4 Å². The molecule has 0 heterocycles. The maximum atomic E-state index is 12.5. The zero-order valence-corrected chi connectivity index (χ0v) is 16.2. The highest BCUT2D eigenvalue weighted by Gasteiger charge is 2.33. The van der Waals surface area contributed by atoms with E-state index in [1.807, 2.05) is 6.92 Å². The fourth-order valence-corrected chi connectivity index (χ4v) is 2.13. The van der Waals surface area contributed by atoms with Crippen molar-refractivity contribution in [3.05, 3.63) is 42.5 Å². The lowest BCUT2D eigenvalue weighted by Crippen LogP contribution is -2.48. The average molecular weight is 389 g/mol. The third kappa shape index (κ3) is 8.03. The van der Waals surface area contributed by atoms with E-state index in [0.717, 1.165) is 12.8 Å². The first kappa shape index (κ1) is 22.9. The van der Waals surface area contributed by atoms with Crippen molar-refractivity contribution in [1.82, 2.24) is 10.6 Å². The van der Waals surface area contributed by atoms with E-state index in [9.17, 15) is 19.2 Å². The van der Waals surface area contributed by atoms with Gasteiger partial charge in [-0.3, -0.25) is 14.4 Å². The molecule has 0 bridgehead atoms. The Morgan fingerprint density at radius 3 is 2.18 bits per heavy atom. The van der Waals surface area contributed by atoms with Crippen molar-refractivity contribution in [3.8, 4) is 0 Å².